The predicted octanol–water partition coefficient (Wildman–Crippen LogP) is 13.0. The van der Waals surface area contributed by atoms with Gasteiger partial charge >= 0.3 is 0 Å². The molecule has 0 aliphatic rings. The van der Waals surface area contributed by atoms with Crippen molar-refractivity contribution in [1.29, 1.82) is 0 Å². The molecule has 0 saturated heterocycles. The van der Waals surface area contributed by atoms with Gasteiger partial charge in [0.15, 0.2) is 0 Å². The van der Waals surface area contributed by atoms with Gasteiger partial charge in [0, 0.05) is 38.6 Å². The minimum atomic E-state index is 0.910. The molecule has 0 aliphatic carbocycles. The second-order valence-corrected chi connectivity index (χ2v) is 12.6. The van der Waals surface area contributed by atoms with Crippen LogP contribution in [0.4, 0.5) is 17.1 Å². The average Bonchev–Trinajstić information content (AvgIpc) is 3.72. The number of hydrogen-bond acceptors (Lipinski definition) is 2. The summed E-state index contributed by atoms with van der Waals surface area (Å²) in [5.41, 5.74) is 11.0. The summed E-state index contributed by atoms with van der Waals surface area (Å²) in [5.74, 6) is 0. The first-order chi connectivity index (χ1) is 24.3. The molecule has 3 nitrogen and oxygen atoms in total. The zero-order chi connectivity index (χ0) is 32.3. The lowest BCUT2D eigenvalue weighted by Crippen LogP contribution is -2.10. The predicted molar refractivity (Wildman–Crippen MR) is 206 cm³/mol. The third-order valence-electron chi connectivity index (χ3n) is 9.74. The Morgan fingerprint density at radius 1 is 0.408 bits per heavy atom. The molecule has 0 saturated carbocycles. The summed E-state index contributed by atoms with van der Waals surface area (Å²) in [7, 11) is 0. The average molecular weight is 627 g/mol. The van der Waals surface area contributed by atoms with Crippen LogP contribution in [0, 0.1) is 0 Å². The fourth-order valence-electron chi connectivity index (χ4n) is 7.60. The number of furan rings is 1. The van der Waals surface area contributed by atoms with Crippen molar-refractivity contribution in [2.45, 2.75) is 0 Å². The smallest absolute Gasteiger partial charge is 0.136 e. The van der Waals surface area contributed by atoms with E-state index in [1.54, 1.807) is 0 Å². The van der Waals surface area contributed by atoms with Crippen molar-refractivity contribution in [3.63, 3.8) is 0 Å². The second kappa shape index (κ2) is 11.0. The molecule has 0 bridgehead atoms. The van der Waals surface area contributed by atoms with Crippen LogP contribution < -0.4 is 4.90 Å². The molecule has 2 aromatic heterocycles. The van der Waals surface area contributed by atoms with Crippen LogP contribution in [0.3, 0.4) is 0 Å². The fraction of sp³-hybridized carbons (Fsp3) is 0. The maximum absolute atomic E-state index is 6.25. The molecule has 2 heterocycles. The summed E-state index contributed by atoms with van der Waals surface area (Å²) >= 11 is 0. The van der Waals surface area contributed by atoms with Gasteiger partial charge in [0.05, 0.1) is 16.7 Å². The van der Waals surface area contributed by atoms with Gasteiger partial charge < -0.3 is 13.9 Å². The Labute approximate surface area is 283 Å². The molecule has 0 aliphatic heterocycles. The molecular weight excluding hydrogens is 597 g/mol. The van der Waals surface area contributed by atoms with Crippen molar-refractivity contribution < 1.29 is 4.42 Å². The highest BCUT2D eigenvalue weighted by atomic mass is 16.3. The SMILES string of the molecule is c1ccc(-c2cccc(N(c3ccc4c(ccc5oc6ccccc6c54)c3)c3cccc4c3c3ccccc3n4-c3ccccc3)c2)cc1. The van der Waals surface area contributed by atoms with Gasteiger partial charge in [0.1, 0.15) is 11.2 Å². The van der Waals surface area contributed by atoms with E-state index in [0.717, 1.165) is 44.7 Å². The molecule has 0 atom stereocenters. The van der Waals surface area contributed by atoms with Crippen LogP contribution in [0.25, 0.3) is 71.3 Å². The summed E-state index contributed by atoms with van der Waals surface area (Å²) in [4.78, 5) is 2.42. The number of rotatable bonds is 5. The van der Waals surface area contributed by atoms with Crippen LogP contribution in [-0.2, 0) is 0 Å². The Morgan fingerprint density at radius 3 is 1.98 bits per heavy atom. The van der Waals surface area contributed by atoms with Crippen LogP contribution in [0.2, 0.25) is 0 Å². The van der Waals surface area contributed by atoms with Crippen molar-refractivity contribution in [1.82, 2.24) is 4.57 Å². The molecular formula is C46H30N2O. The maximum atomic E-state index is 6.25. The van der Waals surface area contributed by atoms with Gasteiger partial charge in [-0.25, -0.2) is 0 Å². The van der Waals surface area contributed by atoms with E-state index in [9.17, 15) is 0 Å². The number of benzene rings is 8. The number of para-hydroxylation sites is 3. The van der Waals surface area contributed by atoms with Crippen molar-refractivity contribution >= 4 is 71.6 Å². The lowest BCUT2D eigenvalue weighted by Gasteiger charge is -2.27. The number of aromatic nitrogens is 1. The van der Waals surface area contributed by atoms with Crippen molar-refractivity contribution in [2.75, 3.05) is 4.90 Å². The first-order valence-corrected chi connectivity index (χ1v) is 16.7. The molecule has 0 unspecified atom stereocenters. The summed E-state index contributed by atoms with van der Waals surface area (Å²) in [5, 5.41) is 7.08. The molecule has 49 heavy (non-hydrogen) atoms. The minimum absolute atomic E-state index is 0.910. The van der Waals surface area contributed by atoms with E-state index in [4.69, 9.17) is 4.42 Å². The Kier molecular flexibility index (Phi) is 6.18. The number of fused-ring (bicyclic) bond motifs is 8. The van der Waals surface area contributed by atoms with Gasteiger partial charge in [0.25, 0.3) is 0 Å². The Morgan fingerprint density at radius 2 is 1.10 bits per heavy atom. The van der Waals surface area contributed by atoms with E-state index < -0.39 is 0 Å². The fourth-order valence-corrected chi connectivity index (χ4v) is 7.60. The van der Waals surface area contributed by atoms with Gasteiger partial charge in [-0.1, -0.05) is 115 Å². The number of nitrogens with zero attached hydrogens (tertiary/aromatic N) is 2. The third-order valence-corrected chi connectivity index (χ3v) is 9.74. The second-order valence-electron chi connectivity index (χ2n) is 12.6. The van der Waals surface area contributed by atoms with Crippen molar-refractivity contribution in [3.05, 3.63) is 182 Å². The summed E-state index contributed by atoms with van der Waals surface area (Å²) in [6, 6.07) is 65.0. The first kappa shape index (κ1) is 27.5. The molecule has 8 aromatic carbocycles. The Balaban J connectivity index is 1.26. The molecule has 0 spiro atoms. The first-order valence-electron chi connectivity index (χ1n) is 16.7. The topological polar surface area (TPSA) is 21.3 Å². The van der Waals surface area contributed by atoms with Gasteiger partial charge in [-0.05, 0) is 88.6 Å². The highest BCUT2D eigenvalue weighted by Crippen LogP contribution is 2.45. The van der Waals surface area contributed by atoms with Gasteiger partial charge in [-0.2, -0.15) is 0 Å². The van der Waals surface area contributed by atoms with E-state index in [1.165, 1.54) is 43.7 Å². The molecule has 10 rings (SSSR count). The molecule has 0 radical (unpaired) electrons. The largest absolute Gasteiger partial charge is 0.456 e. The highest BCUT2D eigenvalue weighted by Gasteiger charge is 2.22. The van der Waals surface area contributed by atoms with Crippen LogP contribution in [0.5, 0.6) is 0 Å². The third kappa shape index (κ3) is 4.37. The minimum Gasteiger partial charge on any atom is -0.456 e. The maximum Gasteiger partial charge on any atom is 0.136 e. The zero-order valence-electron chi connectivity index (χ0n) is 26.6. The number of hydrogen-bond donors (Lipinski definition) is 0. The van der Waals surface area contributed by atoms with Crippen LogP contribution in [-0.4, -0.2) is 4.57 Å². The monoisotopic (exact) mass is 626 g/mol. The van der Waals surface area contributed by atoms with Crippen molar-refractivity contribution in [3.8, 4) is 16.8 Å². The van der Waals surface area contributed by atoms with Crippen molar-refractivity contribution in [2.24, 2.45) is 0 Å². The summed E-state index contributed by atoms with van der Waals surface area (Å²) < 4.78 is 8.63. The normalized spacial score (nSPS) is 11.7. The molecule has 230 valence electrons. The van der Waals surface area contributed by atoms with Gasteiger partial charge in [-0.15, -0.1) is 0 Å². The summed E-state index contributed by atoms with van der Waals surface area (Å²) in [6.07, 6.45) is 0. The number of anilines is 3. The highest BCUT2D eigenvalue weighted by molar-refractivity contribution is 6.20. The van der Waals surface area contributed by atoms with Crippen LogP contribution in [0.1, 0.15) is 0 Å². The lowest BCUT2D eigenvalue weighted by atomic mass is 10.0. The molecule has 3 heteroatoms. The van der Waals surface area contributed by atoms with Gasteiger partial charge in [0.2, 0.25) is 0 Å². The van der Waals surface area contributed by atoms with Gasteiger partial charge in [-0.3, -0.25) is 0 Å². The molecule has 0 amide bonds. The molecule has 10 aromatic rings. The Hall–Kier alpha value is -6.58. The summed E-state index contributed by atoms with van der Waals surface area (Å²) in [6.45, 7) is 0. The van der Waals surface area contributed by atoms with E-state index >= 15 is 0 Å². The van der Waals surface area contributed by atoms with Crippen LogP contribution >= 0.6 is 0 Å². The molecule has 0 fully saturated rings. The zero-order valence-corrected chi connectivity index (χ0v) is 26.6. The van der Waals surface area contributed by atoms with E-state index in [-0.39, 0.29) is 0 Å². The van der Waals surface area contributed by atoms with E-state index in [1.807, 2.05) is 12.1 Å². The quantitative estimate of drug-likeness (QED) is 0.190. The lowest BCUT2D eigenvalue weighted by molar-refractivity contribution is 0.669. The van der Waals surface area contributed by atoms with Crippen LogP contribution in [0.15, 0.2) is 186 Å². The molecule has 0 N–H and O–H groups in total. The Bertz CT molecular complexity index is 2830. The van der Waals surface area contributed by atoms with E-state index in [0.29, 0.717) is 0 Å². The standard InChI is InChI=1S/C46H30N2O/c1-3-13-31(14-4-1)32-15-11-18-35(29-32)47(36-26-27-37-33(30-36)25-28-44-45(37)39-20-8-10-24-43(39)49-44)41-22-12-23-42-46(41)38-19-7-9-21-40(38)48(42)34-16-5-2-6-17-34/h1-30H. The van der Waals surface area contributed by atoms with E-state index in [2.05, 4.69) is 179 Å².